The Morgan fingerprint density at radius 3 is 2.53 bits per heavy atom. The number of piperidine rings is 1. The monoisotopic (exact) mass is 262 g/mol. The first-order valence-electron chi connectivity index (χ1n) is 6.80. The Balaban J connectivity index is 1.80. The number of nitrogens with one attached hydrogen (secondary N) is 1. The number of rotatable bonds is 4. The Bertz CT molecular complexity index is 411. The minimum atomic E-state index is -0.923. The molecule has 1 aromatic carbocycles. The Morgan fingerprint density at radius 1 is 1.32 bits per heavy atom. The molecule has 0 aliphatic carbocycles. The highest BCUT2D eigenvalue weighted by molar-refractivity contribution is 5.64. The number of amides is 1. The quantitative estimate of drug-likeness (QED) is 0.876. The Labute approximate surface area is 114 Å². The van der Waals surface area contributed by atoms with E-state index in [1.807, 2.05) is 6.07 Å². The Morgan fingerprint density at radius 2 is 1.95 bits per heavy atom. The van der Waals surface area contributed by atoms with Crippen LogP contribution in [0.4, 0.5) is 4.79 Å². The Hall–Kier alpha value is -1.55. The maximum absolute atomic E-state index is 10.6. The average Bonchev–Trinajstić information content (AvgIpc) is 2.41. The summed E-state index contributed by atoms with van der Waals surface area (Å²) in [5.41, 5.74) is 1.45. The third-order valence-corrected chi connectivity index (χ3v) is 3.98. The minimum absolute atomic E-state index is 0.103. The van der Waals surface area contributed by atoms with Gasteiger partial charge in [0.15, 0.2) is 0 Å². The molecule has 0 spiro atoms. The molecule has 1 aliphatic rings. The van der Waals surface area contributed by atoms with Crippen LogP contribution in [0, 0.1) is 5.41 Å². The first kappa shape index (κ1) is 13.9. The van der Waals surface area contributed by atoms with Crippen molar-refractivity contribution in [1.29, 1.82) is 0 Å². The van der Waals surface area contributed by atoms with E-state index < -0.39 is 6.09 Å². The van der Waals surface area contributed by atoms with E-state index in [0.717, 1.165) is 32.5 Å². The molecule has 1 amide bonds. The van der Waals surface area contributed by atoms with Crippen molar-refractivity contribution in [1.82, 2.24) is 10.2 Å². The third kappa shape index (κ3) is 4.24. The molecule has 4 nitrogen and oxygen atoms in total. The van der Waals surface area contributed by atoms with E-state index >= 15 is 0 Å². The number of benzene rings is 1. The molecule has 1 saturated heterocycles. The standard InChI is InChI=1S/C15H22N2O2/c1-15(12-16-14(18)19)7-9-17(10-8-15)11-13-5-3-2-4-6-13/h2-6,16H,7-12H2,1H3,(H,18,19). The molecule has 1 aromatic rings. The number of nitrogens with zero attached hydrogens (tertiary/aromatic N) is 1. The van der Waals surface area contributed by atoms with Crippen LogP contribution in [-0.2, 0) is 6.54 Å². The zero-order valence-electron chi connectivity index (χ0n) is 11.4. The van der Waals surface area contributed by atoms with Gasteiger partial charge in [-0.1, -0.05) is 37.3 Å². The smallest absolute Gasteiger partial charge is 0.404 e. The Kier molecular flexibility index (Phi) is 4.43. The highest BCUT2D eigenvalue weighted by Crippen LogP contribution is 2.30. The number of likely N-dealkylation sites (tertiary alicyclic amines) is 1. The molecule has 0 unspecified atom stereocenters. The topological polar surface area (TPSA) is 52.6 Å². The second kappa shape index (κ2) is 6.06. The van der Waals surface area contributed by atoms with Gasteiger partial charge in [0, 0.05) is 13.1 Å². The molecule has 1 heterocycles. The molecule has 4 heteroatoms. The predicted octanol–water partition coefficient (Wildman–Crippen LogP) is 2.56. The lowest BCUT2D eigenvalue weighted by Gasteiger charge is -2.39. The van der Waals surface area contributed by atoms with Crippen LogP contribution in [-0.4, -0.2) is 35.7 Å². The van der Waals surface area contributed by atoms with Gasteiger partial charge in [0.2, 0.25) is 0 Å². The number of carboxylic acid groups (broad SMARTS) is 1. The zero-order chi connectivity index (χ0) is 13.7. The summed E-state index contributed by atoms with van der Waals surface area (Å²) in [7, 11) is 0. The van der Waals surface area contributed by atoms with Crippen LogP contribution in [0.1, 0.15) is 25.3 Å². The van der Waals surface area contributed by atoms with Gasteiger partial charge in [-0.2, -0.15) is 0 Å². The molecular weight excluding hydrogens is 240 g/mol. The van der Waals surface area contributed by atoms with Crippen LogP contribution in [0.3, 0.4) is 0 Å². The van der Waals surface area contributed by atoms with Crippen molar-refractivity contribution in [2.75, 3.05) is 19.6 Å². The van der Waals surface area contributed by atoms with E-state index in [4.69, 9.17) is 5.11 Å². The van der Waals surface area contributed by atoms with Crippen molar-refractivity contribution < 1.29 is 9.90 Å². The van der Waals surface area contributed by atoms with Crippen LogP contribution >= 0.6 is 0 Å². The van der Waals surface area contributed by atoms with E-state index in [1.165, 1.54) is 5.56 Å². The van der Waals surface area contributed by atoms with E-state index in [1.54, 1.807) is 0 Å². The van der Waals surface area contributed by atoms with Gasteiger partial charge in [0.25, 0.3) is 0 Å². The lowest BCUT2D eigenvalue weighted by atomic mass is 9.80. The van der Waals surface area contributed by atoms with Gasteiger partial charge in [-0.05, 0) is 36.9 Å². The highest BCUT2D eigenvalue weighted by atomic mass is 16.4. The molecule has 104 valence electrons. The highest BCUT2D eigenvalue weighted by Gasteiger charge is 2.30. The van der Waals surface area contributed by atoms with Crippen molar-refractivity contribution in [2.24, 2.45) is 5.41 Å². The van der Waals surface area contributed by atoms with Gasteiger partial charge < -0.3 is 10.4 Å². The average molecular weight is 262 g/mol. The molecule has 1 fully saturated rings. The molecule has 0 aromatic heterocycles. The van der Waals surface area contributed by atoms with E-state index in [9.17, 15) is 4.79 Å². The van der Waals surface area contributed by atoms with Gasteiger partial charge in [-0.25, -0.2) is 4.79 Å². The lowest BCUT2D eigenvalue weighted by Crippen LogP contribution is -2.44. The summed E-state index contributed by atoms with van der Waals surface area (Å²) in [6, 6.07) is 10.5. The van der Waals surface area contributed by atoms with Crippen LogP contribution in [0.5, 0.6) is 0 Å². The molecule has 0 radical (unpaired) electrons. The molecule has 0 saturated carbocycles. The molecule has 2 N–H and O–H groups in total. The van der Waals surface area contributed by atoms with E-state index in [0.29, 0.717) is 6.54 Å². The number of hydrogen-bond acceptors (Lipinski definition) is 2. The SMILES string of the molecule is CC1(CNC(=O)O)CCN(Cc2ccccc2)CC1. The first-order valence-corrected chi connectivity index (χ1v) is 6.80. The maximum Gasteiger partial charge on any atom is 0.404 e. The van der Waals surface area contributed by atoms with E-state index in [2.05, 4.69) is 41.4 Å². The second-order valence-electron chi connectivity index (χ2n) is 5.73. The first-order chi connectivity index (χ1) is 9.07. The van der Waals surface area contributed by atoms with Gasteiger partial charge in [0.05, 0.1) is 0 Å². The van der Waals surface area contributed by atoms with Gasteiger partial charge in [-0.3, -0.25) is 4.90 Å². The molecule has 0 bridgehead atoms. The van der Waals surface area contributed by atoms with Gasteiger partial charge >= 0.3 is 6.09 Å². The lowest BCUT2D eigenvalue weighted by molar-refractivity contribution is 0.109. The summed E-state index contributed by atoms with van der Waals surface area (Å²) in [6.07, 6.45) is 1.16. The van der Waals surface area contributed by atoms with Crippen LogP contribution in [0.2, 0.25) is 0 Å². The van der Waals surface area contributed by atoms with Crippen molar-refractivity contribution in [3.05, 3.63) is 35.9 Å². The molecule has 2 rings (SSSR count). The van der Waals surface area contributed by atoms with Crippen molar-refractivity contribution >= 4 is 6.09 Å². The molecular formula is C15H22N2O2. The largest absolute Gasteiger partial charge is 0.465 e. The number of carbonyl (C=O) groups is 1. The van der Waals surface area contributed by atoms with Crippen LogP contribution < -0.4 is 5.32 Å². The summed E-state index contributed by atoms with van der Waals surface area (Å²) in [6.45, 7) is 5.78. The summed E-state index contributed by atoms with van der Waals surface area (Å²) in [5.74, 6) is 0. The summed E-state index contributed by atoms with van der Waals surface area (Å²) < 4.78 is 0. The van der Waals surface area contributed by atoms with Crippen molar-refractivity contribution in [3.8, 4) is 0 Å². The fourth-order valence-corrected chi connectivity index (χ4v) is 2.56. The molecule has 1 aliphatic heterocycles. The minimum Gasteiger partial charge on any atom is -0.465 e. The fraction of sp³-hybridized carbons (Fsp3) is 0.533. The van der Waals surface area contributed by atoms with Crippen LogP contribution in [0.25, 0.3) is 0 Å². The molecule has 19 heavy (non-hydrogen) atoms. The zero-order valence-corrected chi connectivity index (χ0v) is 11.4. The summed E-state index contributed by atoms with van der Waals surface area (Å²) in [5, 5.41) is 11.2. The fourth-order valence-electron chi connectivity index (χ4n) is 2.56. The van der Waals surface area contributed by atoms with Gasteiger partial charge in [0.1, 0.15) is 0 Å². The molecule has 0 atom stereocenters. The van der Waals surface area contributed by atoms with Gasteiger partial charge in [-0.15, -0.1) is 0 Å². The van der Waals surface area contributed by atoms with Crippen LogP contribution in [0.15, 0.2) is 30.3 Å². The number of hydrogen-bond donors (Lipinski definition) is 2. The normalized spacial score (nSPS) is 19.0. The second-order valence-corrected chi connectivity index (χ2v) is 5.73. The predicted molar refractivity (Wildman–Crippen MR) is 75.1 cm³/mol. The van der Waals surface area contributed by atoms with E-state index in [-0.39, 0.29) is 5.41 Å². The third-order valence-electron chi connectivity index (χ3n) is 3.98. The summed E-state index contributed by atoms with van der Waals surface area (Å²) in [4.78, 5) is 13.0. The van der Waals surface area contributed by atoms with Crippen molar-refractivity contribution in [2.45, 2.75) is 26.3 Å². The maximum atomic E-state index is 10.6. The van der Waals surface area contributed by atoms with Crippen molar-refractivity contribution in [3.63, 3.8) is 0 Å². The summed E-state index contributed by atoms with van der Waals surface area (Å²) >= 11 is 0.